The molecule has 0 aromatic heterocycles. The van der Waals surface area contributed by atoms with E-state index in [1.807, 2.05) is 25.7 Å². The second-order valence-electron chi connectivity index (χ2n) is 6.08. The molecule has 1 aromatic carbocycles. The van der Waals surface area contributed by atoms with Crippen molar-refractivity contribution in [3.63, 3.8) is 0 Å². The summed E-state index contributed by atoms with van der Waals surface area (Å²) < 4.78 is 31.7. The normalized spacial score (nSPS) is 16.0. The minimum Gasteiger partial charge on any atom is -0.444 e. The van der Waals surface area contributed by atoms with E-state index in [4.69, 9.17) is 4.74 Å². The summed E-state index contributed by atoms with van der Waals surface area (Å²) in [5, 5.41) is 0. The van der Waals surface area contributed by atoms with Gasteiger partial charge in [0.1, 0.15) is 17.2 Å². The van der Waals surface area contributed by atoms with E-state index < -0.39 is 17.2 Å². The van der Waals surface area contributed by atoms with Crippen LogP contribution in [0, 0.1) is 11.6 Å². The molecule has 0 spiro atoms. The second kappa shape index (κ2) is 5.87. The van der Waals surface area contributed by atoms with Crippen LogP contribution in [-0.2, 0) is 4.74 Å². The number of amides is 1. The first-order valence-electron chi connectivity index (χ1n) is 6.93. The Hall–Kier alpha value is -1.85. The van der Waals surface area contributed by atoms with Crippen LogP contribution in [0.3, 0.4) is 0 Å². The Bertz CT molecular complexity index is 501. The number of hydrogen-bond acceptors (Lipinski definition) is 3. The SMILES string of the molecule is CC(C)(C)OC(=O)N1CCN(c2cc(F)cc(F)c2)CC1. The van der Waals surface area contributed by atoms with Crippen LogP contribution in [0.25, 0.3) is 0 Å². The molecule has 6 heteroatoms. The molecule has 1 saturated heterocycles. The summed E-state index contributed by atoms with van der Waals surface area (Å²) in [5.41, 5.74) is -0.0313. The van der Waals surface area contributed by atoms with Gasteiger partial charge in [-0.15, -0.1) is 0 Å². The van der Waals surface area contributed by atoms with Gasteiger partial charge in [0.2, 0.25) is 0 Å². The molecule has 0 atom stereocenters. The van der Waals surface area contributed by atoms with Crippen molar-refractivity contribution in [3.05, 3.63) is 29.8 Å². The van der Waals surface area contributed by atoms with Crippen LogP contribution < -0.4 is 4.90 Å². The number of carbonyl (C=O) groups excluding carboxylic acids is 1. The molecule has 1 heterocycles. The maximum absolute atomic E-state index is 13.2. The molecule has 1 aliphatic rings. The first-order valence-corrected chi connectivity index (χ1v) is 6.93. The summed E-state index contributed by atoms with van der Waals surface area (Å²) >= 11 is 0. The predicted molar refractivity (Wildman–Crippen MR) is 76.4 cm³/mol. The number of piperazine rings is 1. The lowest BCUT2D eigenvalue weighted by Gasteiger charge is -2.36. The fourth-order valence-corrected chi connectivity index (χ4v) is 2.20. The van der Waals surface area contributed by atoms with E-state index in [-0.39, 0.29) is 6.09 Å². The topological polar surface area (TPSA) is 32.8 Å². The molecule has 0 unspecified atom stereocenters. The van der Waals surface area contributed by atoms with Gasteiger partial charge in [0, 0.05) is 37.9 Å². The maximum Gasteiger partial charge on any atom is 0.410 e. The van der Waals surface area contributed by atoms with Crippen molar-refractivity contribution >= 4 is 11.8 Å². The number of nitrogens with zero attached hydrogens (tertiary/aromatic N) is 2. The number of ether oxygens (including phenoxy) is 1. The predicted octanol–water partition coefficient (Wildman–Crippen LogP) is 3.02. The van der Waals surface area contributed by atoms with Crippen LogP contribution in [0.5, 0.6) is 0 Å². The molecular weight excluding hydrogens is 278 g/mol. The summed E-state index contributed by atoms with van der Waals surface area (Å²) in [6.45, 7) is 7.41. The van der Waals surface area contributed by atoms with Crippen molar-refractivity contribution in [2.24, 2.45) is 0 Å². The number of halogens is 2. The number of rotatable bonds is 1. The molecule has 1 aromatic rings. The third-order valence-corrected chi connectivity index (χ3v) is 3.14. The molecule has 116 valence electrons. The van der Waals surface area contributed by atoms with Gasteiger partial charge in [-0.1, -0.05) is 0 Å². The fraction of sp³-hybridized carbons (Fsp3) is 0.533. The van der Waals surface area contributed by atoms with Gasteiger partial charge in [0.15, 0.2) is 0 Å². The molecule has 4 nitrogen and oxygen atoms in total. The van der Waals surface area contributed by atoms with Crippen LogP contribution in [0.1, 0.15) is 20.8 Å². The third kappa shape index (κ3) is 4.31. The van der Waals surface area contributed by atoms with Crippen LogP contribution in [0.2, 0.25) is 0 Å². The van der Waals surface area contributed by atoms with Gasteiger partial charge in [0.05, 0.1) is 0 Å². The van der Waals surface area contributed by atoms with Crippen molar-refractivity contribution in [1.82, 2.24) is 4.90 Å². The van der Waals surface area contributed by atoms with E-state index in [2.05, 4.69) is 0 Å². The second-order valence-corrected chi connectivity index (χ2v) is 6.08. The average molecular weight is 298 g/mol. The molecule has 0 bridgehead atoms. The van der Waals surface area contributed by atoms with Crippen LogP contribution in [-0.4, -0.2) is 42.8 Å². The monoisotopic (exact) mass is 298 g/mol. The van der Waals surface area contributed by atoms with Crippen molar-refractivity contribution < 1.29 is 18.3 Å². The Morgan fingerprint density at radius 2 is 1.57 bits per heavy atom. The lowest BCUT2D eigenvalue weighted by molar-refractivity contribution is 0.0240. The third-order valence-electron chi connectivity index (χ3n) is 3.14. The Morgan fingerprint density at radius 1 is 1.05 bits per heavy atom. The molecule has 0 N–H and O–H groups in total. The van der Waals surface area contributed by atoms with E-state index in [0.29, 0.717) is 31.9 Å². The average Bonchev–Trinajstić information content (AvgIpc) is 2.35. The van der Waals surface area contributed by atoms with Gasteiger partial charge in [-0.3, -0.25) is 0 Å². The molecule has 1 aliphatic heterocycles. The lowest BCUT2D eigenvalue weighted by atomic mass is 10.2. The smallest absolute Gasteiger partial charge is 0.410 e. The number of benzene rings is 1. The van der Waals surface area contributed by atoms with Crippen molar-refractivity contribution in [2.75, 3.05) is 31.1 Å². The van der Waals surface area contributed by atoms with Crippen LogP contribution >= 0.6 is 0 Å². The van der Waals surface area contributed by atoms with Gasteiger partial charge in [0.25, 0.3) is 0 Å². The molecule has 21 heavy (non-hydrogen) atoms. The summed E-state index contributed by atoms with van der Waals surface area (Å²) in [5.74, 6) is -1.20. The van der Waals surface area contributed by atoms with E-state index >= 15 is 0 Å². The molecule has 1 amide bonds. The number of hydrogen-bond donors (Lipinski definition) is 0. The highest BCUT2D eigenvalue weighted by atomic mass is 19.1. The van der Waals surface area contributed by atoms with Gasteiger partial charge in [-0.05, 0) is 32.9 Å². The Balaban J connectivity index is 1.95. The summed E-state index contributed by atoms with van der Waals surface area (Å²) in [4.78, 5) is 15.4. The summed E-state index contributed by atoms with van der Waals surface area (Å²) in [6.07, 6.45) is -0.354. The maximum atomic E-state index is 13.2. The Labute approximate surface area is 123 Å². The quantitative estimate of drug-likeness (QED) is 0.799. The highest BCUT2D eigenvalue weighted by molar-refractivity contribution is 5.68. The zero-order valence-electron chi connectivity index (χ0n) is 12.5. The molecule has 0 saturated carbocycles. The number of anilines is 1. The van der Waals surface area contributed by atoms with Crippen molar-refractivity contribution in [1.29, 1.82) is 0 Å². The first-order chi connectivity index (χ1) is 9.74. The van der Waals surface area contributed by atoms with Gasteiger partial charge >= 0.3 is 6.09 Å². The first kappa shape index (κ1) is 15.5. The van der Waals surface area contributed by atoms with Gasteiger partial charge < -0.3 is 14.5 Å². The molecule has 0 radical (unpaired) electrons. The van der Waals surface area contributed by atoms with Crippen molar-refractivity contribution in [3.8, 4) is 0 Å². The summed E-state index contributed by atoms with van der Waals surface area (Å²) in [7, 11) is 0. The molecular formula is C15H20F2N2O2. The highest BCUT2D eigenvalue weighted by Crippen LogP contribution is 2.20. The standard InChI is InChI=1S/C15H20F2N2O2/c1-15(2,3)21-14(20)19-6-4-18(5-7-19)13-9-11(16)8-12(17)10-13/h8-10H,4-7H2,1-3H3. The molecule has 0 aliphatic carbocycles. The van der Waals surface area contributed by atoms with Gasteiger partial charge in [-0.2, -0.15) is 0 Å². The van der Waals surface area contributed by atoms with Crippen molar-refractivity contribution in [2.45, 2.75) is 26.4 Å². The minimum absolute atomic E-state index is 0.354. The zero-order valence-corrected chi connectivity index (χ0v) is 12.5. The molecule has 1 fully saturated rings. The number of carbonyl (C=O) groups is 1. The summed E-state index contributed by atoms with van der Waals surface area (Å²) in [6, 6.07) is 3.44. The largest absolute Gasteiger partial charge is 0.444 e. The van der Waals surface area contributed by atoms with Gasteiger partial charge in [-0.25, -0.2) is 13.6 Å². The zero-order chi connectivity index (χ0) is 15.6. The minimum atomic E-state index is -0.598. The van der Waals surface area contributed by atoms with Crippen LogP contribution in [0.4, 0.5) is 19.3 Å². The van der Waals surface area contributed by atoms with E-state index in [1.54, 1.807) is 4.90 Å². The molecule has 2 rings (SSSR count). The Morgan fingerprint density at radius 3 is 2.05 bits per heavy atom. The van der Waals surface area contributed by atoms with Crippen LogP contribution in [0.15, 0.2) is 18.2 Å². The fourth-order valence-electron chi connectivity index (χ4n) is 2.20. The lowest BCUT2D eigenvalue weighted by Crippen LogP contribution is -2.50. The van der Waals surface area contributed by atoms with E-state index in [9.17, 15) is 13.6 Å². The highest BCUT2D eigenvalue weighted by Gasteiger charge is 2.26. The van der Waals surface area contributed by atoms with E-state index in [1.165, 1.54) is 12.1 Å². The van der Waals surface area contributed by atoms with E-state index in [0.717, 1.165) is 6.07 Å². The Kier molecular flexibility index (Phi) is 4.34.